The van der Waals surface area contributed by atoms with Crippen LogP contribution < -0.4 is 11.1 Å². The molecule has 0 bridgehead atoms. The number of nitrogens with zero attached hydrogens (tertiary/aromatic N) is 1. The van der Waals surface area contributed by atoms with Gasteiger partial charge in [0.2, 0.25) is 5.91 Å². The Morgan fingerprint density at radius 3 is 2.73 bits per heavy atom. The van der Waals surface area contributed by atoms with E-state index in [0.717, 1.165) is 55.3 Å². The van der Waals surface area contributed by atoms with Gasteiger partial charge in [0.15, 0.2) is 0 Å². The number of morpholine rings is 1. The lowest BCUT2D eigenvalue weighted by atomic mass is 10.1. The smallest absolute Gasteiger partial charge is 0.224 e. The maximum absolute atomic E-state index is 12.4. The number of nitrogens with one attached hydrogen (secondary N) is 1. The zero-order valence-corrected chi connectivity index (χ0v) is 15.3. The summed E-state index contributed by atoms with van der Waals surface area (Å²) in [7, 11) is 0. The molecule has 26 heavy (non-hydrogen) atoms. The Labute approximate surface area is 155 Å². The monoisotopic (exact) mass is 353 g/mol. The Kier molecular flexibility index (Phi) is 6.26. The lowest BCUT2D eigenvalue weighted by Crippen LogP contribution is -2.35. The second-order valence-electron chi connectivity index (χ2n) is 6.78. The zero-order chi connectivity index (χ0) is 18.4. The van der Waals surface area contributed by atoms with Crippen molar-refractivity contribution in [2.24, 2.45) is 0 Å². The van der Waals surface area contributed by atoms with Crippen molar-refractivity contribution in [3.8, 4) is 0 Å². The number of hydrogen-bond donors (Lipinski definition) is 2. The molecule has 1 saturated heterocycles. The number of amides is 1. The molecule has 0 radical (unpaired) electrons. The molecule has 2 aromatic carbocycles. The van der Waals surface area contributed by atoms with Crippen LogP contribution in [0.25, 0.3) is 0 Å². The number of benzene rings is 2. The molecule has 1 fully saturated rings. The van der Waals surface area contributed by atoms with Crippen LogP contribution in [-0.2, 0) is 22.5 Å². The first-order valence-corrected chi connectivity index (χ1v) is 9.14. The molecule has 2 aromatic rings. The number of para-hydroxylation sites is 1. The van der Waals surface area contributed by atoms with E-state index in [1.807, 2.05) is 31.2 Å². The van der Waals surface area contributed by atoms with E-state index in [1.54, 1.807) is 0 Å². The number of nitrogens with two attached hydrogens (primary N) is 1. The van der Waals surface area contributed by atoms with Gasteiger partial charge in [0.1, 0.15) is 0 Å². The average Bonchev–Trinajstić information content (AvgIpc) is 2.65. The molecule has 5 heteroatoms. The highest BCUT2D eigenvalue weighted by molar-refractivity contribution is 5.91. The van der Waals surface area contributed by atoms with Gasteiger partial charge < -0.3 is 15.8 Å². The van der Waals surface area contributed by atoms with Crippen LogP contribution in [0, 0.1) is 6.92 Å². The SMILES string of the molecule is Cc1ccc(CN2CCOCC2)cc1NC(=O)CCc1ccccc1N. The van der Waals surface area contributed by atoms with Gasteiger partial charge in [0.05, 0.1) is 13.2 Å². The van der Waals surface area contributed by atoms with Crippen molar-refractivity contribution >= 4 is 17.3 Å². The standard InChI is InChI=1S/C21H27N3O2/c1-16-6-7-17(15-24-10-12-26-13-11-24)14-20(16)23-21(25)9-8-18-4-2-3-5-19(18)22/h2-7,14H,8-13,15,22H2,1H3,(H,23,25). The first-order valence-electron chi connectivity index (χ1n) is 9.14. The molecule has 0 atom stereocenters. The minimum absolute atomic E-state index is 0.0138. The summed E-state index contributed by atoms with van der Waals surface area (Å²) in [6, 6.07) is 14.0. The lowest BCUT2D eigenvalue weighted by molar-refractivity contribution is -0.116. The van der Waals surface area contributed by atoms with Crippen molar-refractivity contribution < 1.29 is 9.53 Å². The molecule has 1 aliphatic heterocycles. The fourth-order valence-corrected chi connectivity index (χ4v) is 3.14. The summed E-state index contributed by atoms with van der Waals surface area (Å²) in [4.78, 5) is 14.7. The van der Waals surface area contributed by atoms with Gasteiger partial charge in [-0.3, -0.25) is 9.69 Å². The van der Waals surface area contributed by atoms with Gasteiger partial charge in [0.25, 0.3) is 0 Å². The summed E-state index contributed by atoms with van der Waals surface area (Å²) in [5, 5.41) is 3.05. The maximum Gasteiger partial charge on any atom is 0.224 e. The topological polar surface area (TPSA) is 67.6 Å². The van der Waals surface area contributed by atoms with Crippen molar-refractivity contribution in [2.75, 3.05) is 37.4 Å². The van der Waals surface area contributed by atoms with Crippen LogP contribution in [0.4, 0.5) is 11.4 Å². The van der Waals surface area contributed by atoms with Crippen molar-refractivity contribution in [2.45, 2.75) is 26.3 Å². The molecular formula is C21H27N3O2. The minimum Gasteiger partial charge on any atom is -0.399 e. The Morgan fingerprint density at radius 1 is 1.19 bits per heavy atom. The second kappa shape index (κ2) is 8.83. The first kappa shape index (κ1) is 18.4. The Bertz CT molecular complexity index is 755. The summed E-state index contributed by atoms with van der Waals surface area (Å²) in [5.41, 5.74) is 10.9. The van der Waals surface area contributed by atoms with Crippen molar-refractivity contribution in [1.29, 1.82) is 0 Å². The van der Waals surface area contributed by atoms with E-state index in [2.05, 4.69) is 28.4 Å². The molecular weight excluding hydrogens is 326 g/mol. The van der Waals surface area contributed by atoms with Crippen LogP contribution in [0.5, 0.6) is 0 Å². The van der Waals surface area contributed by atoms with E-state index in [1.165, 1.54) is 5.56 Å². The van der Waals surface area contributed by atoms with E-state index >= 15 is 0 Å². The molecule has 3 rings (SSSR count). The molecule has 3 N–H and O–H groups in total. The van der Waals surface area contributed by atoms with Crippen molar-refractivity contribution in [3.63, 3.8) is 0 Å². The largest absolute Gasteiger partial charge is 0.399 e. The van der Waals surface area contributed by atoms with Gasteiger partial charge in [0, 0.05) is 37.4 Å². The lowest BCUT2D eigenvalue weighted by Gasteiger charge is -2.26. The van der Waals surface area contributed by atoms with Crippen LogP contribution in [0.3, 0.4) is 0 Å². The van der Waals surface area contributed by atoms with Crippen LogP contribution in [0.15, 0.2) is 42.5 Å². The number of carbonyl (C=O) groups is 1. The van der Waals surface area contributed by atoms with Gasteiger partial charge in [-0.05, 0) is 42.2 Å². The summed E-state index contributed by atoms with van der Waals surface area (Å²) in [5.74, 6) is 0.0138. The molecule has 1 heterocycles. The number of hydrogen-bond acceptors (Lipinski definition) is 4. The predicted octanol–water partition coefficient (Wildman–Crippen LogP) is 2.98. The van der Waals surface area contributed by atoms with E-state index in [0.29, 0.717) is 12.8 Å². The molecule has 1 aliphatic rings. The van der Waals surface area contributed by atoms with Gasteiger partial charge in [-0.15, -0.1) is 0 Å². The second-order valence-corrected chi connectivity index (χ2v) is 6.78. The molecule has 0 unspecified atom stereocenters. The summed E-state index contributed by atoms with van der Waals surface area (Å²) in [6.07, 6.45) is 1.06. The Morgan fingerprint density at radius 2 is 1.96 bits per heavy atom. The third kappa shape index (κ3) is 5.07. The molecule has 5 nitrogen and oxygen atoms in total. The number of nitrogen functional groups attached to an aromatic ring is 1. The number of ether oxygens (including phenoxy) is 1. The van der Waals surface area contributed by atoms with Gasteiger partial charge in [-0.25, -0.2) is 0 Å². The van der Waals surface area contributed by atoms with Crippen molar-refractivity contribution in [1.82, 2.24) is 4.90 Å². The Balaban J connectivity index is 1.58. The first-order chi connectivity index (χ1) is 12.6. The van der Waals surface area contributed by atoms with Crippen molar-refractivity contribution in [3.05, 3.63) is 59.2 Å². The molecule has 0 aliphatic carbocycles. The Hall–Kier alpha value is -2.37. The fraction of sp³-hybridized carbons (Fsp3) is 0.381. The van der Waals surface area contributed by atoms with Gasteiger partial charge >= 0.3 is 0 Å². The molecule has 0 spiro atoms. The molecule has 138 valence electrons. The number of anilines is 2. The summed E-state index contributed by atoms with van der Waals surface area (Å²) in [6.45, 7) is 6.38. The predicted molar refractivity (Wildman–Crippen MR) is 105 cm³/mol. The fourth-order valence-electron chi connectivity index (χ4n) is 3.14. The van der Waals surface area contributed by atoms with E-state index in [-0.39, 0.29) is 5.91 Å². The maximum atomic E-state index is 12.4. The van der Waals surface area contributed by atoms with E-state index in [9.17, 15) is 4.79 Å². The van der Waals surface area contributed by atoms with Crippen LogP contribution in [-0.4, -0.2) is 37.1 Å². The quantitative estimate of drug-likeness (QED) is 0.784. The van der Waals surface area contributed by atoms with Gasteiger partial charge in [-0.1, -0.05) is 30.3 Å². The highest BCUT2D eigenvalue weighted by Gasteiger charge is 2.12. The molecule has 1 amide bonds. The third-order valence-corrected chi connectivity index (χ3v) is 4.76. The number of aryl methyl sites for hydroxylation is 2. The normalized spacial score (nSPS) is 15.0. The number of rotatable bonds is 6. The number of carbonyl (C=O) groups excluding carboxylic acids is 1. The summed E-state index contributed by atoms with van der Waals surface area (Å²) < 4.78 is 5.40. The summed E-state index contributed by atoms with van der Waals surface area (Å²) >= 11 is 0. The third-order valence-electron chi connectivity index (χ3n) is 4.76. The zero-order valence-electron chi connectivity index (χ0n) is 15.3. The van der Waals surface area contributed by atoms with Crippen LogP contribution >= 0.6 is 0 Å². The minimum atomic E-state index is 0.0138. The van der Waals surface area contributed by atoms with E-state index < -0.39 is 0 Å². The van der Waals surface area contributed by atoms with Crippen LogP contribution in [0.2, 0.25) is 0 Å². The highest BCUT2D eigenvalue weighted by Crippen LogP contribution is 2.20. The molecule has 0 aromatic heterocycles. The average molecular weight is 353 g/mol. The van der Waals surface area contributed by atoms with Gasteiger partial charge in [-0.2, -0.15) is 0 Å². The van der Waals surface area contributed by atoms with Crippen LogP contribution in [0.1, 0.15) is 23.1 Å². The molecule has 0 saturated carbocycles. The highest BCUT2D eigenvalue weighted by atomic mass is 16.5. The van der Waals surface area contributed by atoms with E-state index in [4.69, 9.17) is 10.5 Å².